The summed E-state index contributed by atoms with van der Waals surface area (Å²) in [6, 6.07) is 8.00. The van der Waals surface area contributed by atoms with Crippen molar-refractivity contribution in [1.29, 1.82) is 5.26 Å². The predicted molar refractivity (Wildman–Crippen MR) is 68.2 cm³/mol. The van der Waals surface area contributed by atoms with Gasteiger partial charge in [0.05, 0.1) is 11.6 Å². The molecule has 1 aliphatic heterocycles. The monoisotopic (exact) mass is 279 g/mol. The van der Waals surface area contributed by atoms with Crippen molar-refractivity contribution in [2.24, 2.45) is 11.7 Å². The van der Waals surface area contributed by atoms with Gasteiger partial charge in [0, 0.05) is 23.2 Å². The molecule has 0 spiro atoms. The summed E-state index contributed by atoms with van der Waals surface area (Å²) in [6.45, 7) is 2.77. The van der Waals surface area contributed by atoms with Gasteiger partial charge >= 0.3 is 0 Å². The maximum Gasteiger partial charge on any atom is 0.0992 e. The quantitative estimate of drug-likeness (QED) is 0.902. The molecule has 1 heterocycles. The zero-order chi connectivity index (χ0) is 11.5. The molecule has 84 valence electrons. The van der Waals surface area contributed by atoms with Gasteiger partial charge in [-0.1, -0.05) is 15.9 Å². The zero-order valence-electron chi connectivity index (χ0n) is 8.99. The Morgan fingerprint density at radius 2 is 2.31 bits per heavy atom. The van der Waals surface area contributed by atoms with E-state index in [0.29, 0.717) is 11.5 Å². The normalized spacial score (nSPS) is 19.8. The standard InChI is InChI=1S/C12H14BrN3/c13-11-3-10(7-15)4-12(5-11)16-2-1-9(6-14)8-16/h3-5,9H,1-2,6,8,14H2. The molecular formula is C12H14BrN3. The minimum atomic E-state index is 0.588. The van der Waals surface area contributed by atoms with Crippen molar-refractivity contribution < 1.29 is 0 Å². The molecule has 1 aromatic carbocycles. The van der Waals surface area contributed by atoms with Gasteiger partial charge in [0.1, 0.15) is 0 Å². The highest BCUT2D eigenvalue weighted by molar-refractivity contribution is 9.10. The van der Waals surface area contributed by atoms with Crippen LogP contribution in [-0.2, 0) is 0 Å². The lowest BCUT2D eigenvalue weighted by Gasteiger charge is -2.19. The van der Waals surface area contributed by atoms with E-state index >= 15 is 0 Å². The highest BCUT2D eigenvalue weighted by Gasteiger charge is 2.21. The Morgan fingerprint density at radius 1 is 1.50 bits per heavy atom. The average molecular weight is 280 g/mol. The smallest absolute Gasteiger partial charge is 0.0992 e. The molecule has 2 N–H and O–H groups in total. The molecule has 2 rings (SSSR count). The van der Waals surface area contributed by atoms with E-state index in [-0.39, 0.29) is 0 Å². The van der Waals surface area contributed by atoms with Gasteiger partial charge in [-0.15, -0.1) is 0 Å². The lowest BCUT2D eigenvalue weighted by molar-refractivity contribution is 0.602. The van der Waals surface area contributed by atoms with Crippen molar-refractivity contribution in [2.45, 2.75) is 6.42 Å². The number of halogens is 1. The summed E-state index contributed by atoms with van der Waals surface area (Å²) in [5.41, 5.74) is 7.48. The van der Waals surface area contributed by atoms with E-state index in [0.717, 1.165) is 36.2 Å². The van der Waals surface area contributed by atoms with Gasteiger partial charge in [-0.05, 0) is 37.1 Å². The summed E-state index contributed by atoms with van der Waals surface area (Å²) >= 11 is 3.43. The lowest BCUT2D eigenvalue weighted by atomic mass is 10.1. The summed E-state index contributed by atoms with van der Waals surface area (Å²) in [6.07, 6.45) is 1.14. The van der Waals surface area contributed by atoms with Crippen LogP contribution < -0.4 is 10.6 Å². The summed E-state index contributed by atoms with van der Waals surface area (Å²) < 4.78 is 0.956. The van der Waals surface area contributed by atoms with E-state index in [1.807, 2.05) is 12.1 Å². The number of nitriles is 1. The SMILES string of the molecule is N#Cc1cc(Br)cc(N2CCC(CN)C2)c1. The fourth-order valence-electron chi connectivity index (χ4n) is 2.08. The van der Waals surface area contributed by atoms with Crippen LogP contribution >= 0.6 is 15.9 Å². The van der Waals surface area contributed by atoms with Crippen LogP contribution in [0, 0.1) is 17.2 Å². The Morgan fingerprint density at radius 3 is 2.94 bits per heavy atom. The maximum atomic E-state index is 8.92. The highest BCUT2D eigenvalue weighted by atomic mass is 79.9. The third kappa shape index (κ3) is 2.37. The summed E-state index contributed by atoms with van der Waals surface area (Å²) in [5, 5.41) is 8.92. The molecule has 1 atom stereocenters. The van der Waals surface area contributed by atoms with E-state index in [1.165, 1.54) is 0 Å². The molecule has 0 bridgehead atoms. The van der Waals surface area contributed by atoms with Gasteiger partial charge in [-0.3, -0.25) is 0 Å². The molecule has 0 saturated carbocycles. The van der Waals surface area contributed by atoms with Crippen LogP contribution in [0.2, 0.25) is 0 Å². The summed E-state index contributed by atoms with van der Waals surface area (Å²) in [7, 11) is 0. The predicted octanol–water partition coefficient (Wildman–Crippen LogP) is 2.11. The molecule has 0 radical (unpaired) electrons. The first-order valence-electron chi connectivity index (χ1n) is 5.38. The van der Waals surface area contributed by atoms with Crippen LogP contribution in [-0.4, -0.2) is 19.6 Å². The molecule has 1 fully saturated rings. The highest BCUT2D eigenvalue weighted by Crippen LogP contribution is 2.27. The van der Waals surface area contributed by atoms with Crippen molar-refractivity contribution >= 4 is 21.6 Å². The number of benzene rings is 1. The zero-order valence-corrected chi connectivity index (χ0v) is 10.6. The van der Waals surface area contributed by atoms with E-state index in [9.17, 15) is 0 Å². The molecule has 1 saturated heterocycles. The van der Waals surface area contributed by atoms with Gasteiger partial charge in [0.25, 0.3) is 0 Å². The third-order valence-electron chi connectivity index (χ3n) is 3.00. The second-order valence-corrected chi connectivity index (χ2v) is 5.06. The molecule has 3 nitrogen and oxygen atoms in total. The van der Waals surface area contributed by atoms with Gasteiger partial charge in [0.15, 0.2) is 0 Å². The Balaban J connectivity index is 2.21. The van der Waals surface area contributed by atoms with Crippen molar-refractivity contribution in [1.82, 2.24) is 0 Å². The van der Waals surface area contributed by atoms with Crippen molar-refractivity contribution in [3.05, 3.63) is 28.2 Å². The Bertz CT molecular complexity index is 425. The Kier molecular flexibility index (Phi) is 3.47. The van der Waals surface area contributed by atoms with E-state index in [4.69, 9.17) is 11.0 Å². The first-order chi connectivity index (χ1) is 7.72. The minimum absolute atomic E-state index is 0.588. The molecule has 0 aromatic heterocycles. The van der Waals surface area contributed by atoms with Gasteiger partial charge in [0.2, 0.25) is 0 Å². The molecule has 1 aromatic rings. The first-order valence-corrected chi connectivity index (χ1v) is 6.18. The fourth-order valence-corrected chi connectivity index (χ4v) is 2.56. The number of hydrogen-bond acceptors (Lipinski definition) is 3. The number of rotatable bonds is 2. The van der Waals surface area contributed by atoms with Gasteiger partial charge < -0.3 is 10.6 Å². The Hall–Kier alpha value is -1.05. The van der Waals surface area contributed by atoms with Crippen LogP contribution in [0.25, 0.3) is 0 Å². The lowest BCUT2D eigenvalue weighted by Crippen LogP contribution is -2.22. The molecule has 1 aliphatic rings. The van der Waals surface area contributed by atoms with Crippen LogP contribution in [0.4, 0.5) is 5.69 Å². The second kappa shape index (κ2) is 4.86. The number of hydrogen-bond donors (Lipinski definition) is 1. The molecule has 1 unspecified atom stereocenters. The van der Waals surface area contributed by atoms with Crippen molar-refractivity contribution in [3.8, 4) is 6.07 Å². The van der Waals surface area contributed by atoms with Gasteiger partial charge in [-0.25, -0.2) is 0 Å². The average Bonchev–Trinajstić information content (AvgIpc) is 2.76. The molecule has 4 heteroatoms. The molecular weight excluding hydrogens is 266 g/mol. The molecule has 16 heavy (non-hydrogen) atoms. The van der Waals surface area contributed by atoms with Gasteiger partial charge in [-0.2, -0.15) is 5.26 Å². The van der Waals surface area contributed by atoms with Crippen LogP contribution in [0.3, 0.4) is 0 Å². The first kappa shape index (κ1) is 11.4. The van der Waals surface area contributed by atoms with E-state index < -0.39 is 0 Å². The number of nitrogens with zero attached hydrogens (tertiary/aromatic N) is 2. The topological polar surface area (TPSA) is 53.0 Å². The van der Waals surface area contributed by atoms with Crippen LogP contribution in [0.1, 0.15) is 12.0 Å². The summed E-state index contributed by atoms with van der Waals surface area (Å²) in [4.78, 5) is 2.29. The number of anilines is 1. The van der Waals surface area contributed by atoms with Crippen LogP contribution in [0.5, 0.6) is 0 Å². The largest absolute Gasteiger partial charge is 0.371 e. The number of nitrogens with two attached hydrogens (primary N) is 1. The third-order valence-corrected chi connectivity index (χ3v) is 3.45. The molecule has 0 aliphatic carbocycles. The molecule has 0 amide bonds. The minimum Gasteiger partial charge on any atom is -0.371 e. The van der Waals surface area contributed by atoms with E-state index in [1.54, 1.807) is 0 Å². The second-order valence-electron chi connectivity index (χ2n) is 4.15. The summed E-state index contributed by atoms with van der Waals surface area (Å²) in [5.74, 6) is 0.588. The maximum absolute atomic E-state index is 8.92. The van der Waals surface area contributed by atoms with Crippen LogP contribution in [0.15, 0.2) is 22.7 Å². The Labute approximate surface area is 104 Å². The fraction of sp³-hybridized carbons (Fsp3) is 0.417. The van der Waals surface area contributed by atoms with E-state index in [2.05, 4.69) is 33.0 Å². The van der Waals surface area contributed by atoms with Crippen molar-refractivity contribution in [2.75, 3.05) is 24.5 Å². The van der Waals surface area contributed by atoms with Crippen molar-refractivity contribution in [3.63, 3.8) is 0 Å².